The number of benzene rings is 1. The highest BCUT2D eigenvalue weighted by Gasteiger charge is 2.20. The van der Waals surface area contributed by atoms with Crippen LogP contribution in [0.3, 0.4) is 0 Å². The molecule has 0 fully saturated rings. The third-order valence-electron chi connectivity index (χ3n) is 3.02. The Labute approximate surface area is 114 Å². The van der Waals surface area contributed by atoms with Gasteiger partial charge >= 0.3 is 0 Å². The fourth-order valence-corrected chi connectivity index (χ4v) is 3.30. The predicted octanol–water partition coefficient (Wildman–Crippen LogP) is 3.60. The molecule has 0 spiro atoms. The minimum atomic E-state index is 0.672. The fraction of sp³-hybridized carbons (Fsp3) is 0.533. The van der Waals surface area contributed by atoms with Crippen molar-refractivity contribution < 1.29 is 0 Å². The lowest BCUT2D eigenvalue weighted by Crippen LogP contribution is -2.19. The van der Waals surface area contributed by atoms with Gasteiger partial charge in [-0.2, -0.15) is 0 Å². The first kappa shape index (κ1) is 13.5. The van der Waals surface area contributed by atoms with E-state index in [4.69, 9.17) is 0 Å². The van der Waals surface area contributed by atoms with Crippen molar-refractivity contribution in [1.82, 2.24) is 5.32 Å². The topological polar surface area (TPSA) is 24.4 Å². The molecule has 2 nitrogen and oxygen atoms in total. The van der Waals surface area contributed by atoms with E-state index in [1.807, 2.05) is 11.8 Å². The molecular formula is C15H22N2S. The molecule has 18 heavy (non-hydrogen) atoms. The molecule has 0 saturated carbocycles. The van der Waals surface area contributed by atoms with Crippen LogP contribution in [0, 0.1) is 12.8 Å². The van der Waals surface area contributed by atoms with Crippen LogP contribution in [0.2, 0.25) is 0 Å². The molecule has 3 heteroatoms. The van der Waals surface area contributed by atoms with Crippen molar-refractivity contribution in [2.45, 2.75) is 39.0 Å². The van der Waals surface area contributed by atoms with Crippen LogP contribution in [0.1, 0.15) is 31.4 Å². The molecule has 1 aliphatic heterocycles. The number of thioether (sulfide) groups is 1. The molecule has 1 aromatic carbocycles. The average molecular weight is 262 g/mol. The summed E-state index contributed by atoms with van der Waals surface area (Å²) in [6, 6.07) is 8.66. The molecule has 98 valence electrons. The van der Waals surface area contributed by atoms with E-state index in [0.717, 1.165) is 24.2 Å². The standard InChI is InChI=1S/C15H22N2S/c1-11(2)8-14-10-17-15(18-14)16-9-13-6-4-12(3)5-7-13/h4-7,11,14H,8-10H2,1-3H3,(H,16,17). The summed E-state index contributed by atoms with van der Waals surface area (Å²) in [5.41, 5.74) is 2.62. The largest absolute Gasteiger partial charge is 0.361 e. The van der Waals surface area contributed by atoms with Gasteiger partial charge in [-0.1, -0.05) is 55.4 Å². The zero-order valence-electron chi connectivity index (χ0n) is 11.4. The molecule has 0 saturated heterocycles. The van der Waals surface area contributed by atoms with Gasteiger partial charge in [0.1, 0.15) is 0 Å². The van der Waals surface area contributed by atoms with Gasteiger partial charge in [-0.15, -0.1) is 0 Å². The van der Waals surface area contributed by atoms with Crippen molar-refractivity contribution in [2.75, 3.05) is 6.54 Å². The van der Waals surface area contributed by atoms with Gasteiger partial charge in [-0.25, -0.2) is 0 Å². The van der Waals surface area contributed by atoms with Gasteiger partial charge < -0.3 is 5.32 Å². The van der Waals surface area contributed by atoms with E-state index in [0.29, 0.717) is 5.25 Å². The lowest BCUT2D eigenvalue weighted by molar-refractivity contribution is 0.575. The minimum absolute atomic E-state index is 0.672. The van der Waals surface area contributed by atoms with Crippen molar-refractivity contribution in [3.63, 3.8) is 0 Å². The van der Waals surface area contributed by atoms with Crippen LogP contribution in [0.25, 0.3) is 0 Å². The van der Waals surface area contributed by atoms with Crippen molar-refractivity contribution in [3.05, 3.63) is 35.4 Å². The lowest BCUT2D eigenvalue weighted by Gasteiger charge is -2.11. The molecule has 0 aliphatic carbocycles. The fourth-order valence-electron chi connectivity index (χ4n) is 2.05. The second-order valence-corrected chi connectivity index (χ2v) is 6.64. The summed E-state index contributed by atoms with van der Waals surface area (Å²) < 4.78 is 0. The molecule has 0 bridgehead atoms. The van der Waals surface area contributed by atoms with Crippen LogP contribution in [0.4, 0.5) is 0 Å². The summed E-state index contributed by atoms with van der Waals surface area (Å²) in [4.78, 5) is 4.57. The summed E-state index contributed by atoms with van der Waals surface area (Å²) in [6.45, 7) is 8.51. The highest BCUT2D eigenvalue weighted by Crippen LogP contribution is 2.25. The van der Waals surface area contributed by atoms with Gasteiger partial charge in [0.15, 0.2) is 5.17 Å². The van der Waals surface area contributed by atoms with E-state index >= 15 is 0 Å². The lowest BCUT2D eigenvalue weighted by atomic mass is 10.1. The number of aryl methyl sites for hydroxylation is 1. The van der Waals surface area contributed by atoms with Crippen molar-refractivity contribution in [1.29, 1.82) is 0 Å². The monoisotopic (exact) mass is 262 g/mol. The van der Waals surface area contributed by atoms with Gasteiger partial charge in [0.25, 0.3) is 0 Å². The predicted molar refractivity (Wildman–Crippen MR) is 81.2 cm³/mol. The van der Waals surface area contributed by atoms with E-state index in [1.54, 1.807) is 0 Å². The second kappa shape index (κ2) is 6.28. The molecular weight excluding hydrogens is 240 g/mol. The van der Waals surface area contributed by atoms with E-state index in [2.05, 4.69) is 55.3 Å². The van der Waals surface area contributed by atoms with Crippen LogP contribution in [0.5, 0.6) is 0 Å². The molecule has 1 heterocycles. The van der Waals surface area contributed by atoms with Crippen LogP contribution >= 0.6 is 11.8 Å². The van der Waals surface area contributed by atoms with Crippen LogP contribution in [-0.2, 0) is 6.54 Å². The summed E-state index contributed by atoms with van der Waals surface area (Å²) in [5.74, 6) is 0.758. The maximum Gasteiger partial charge on any atom is 0.157 e. The summed E-state index contributed by atoms with van der Waals surface area (Å²) >= 11 is 1.90. The number of amidine groups is 1. The number of nitrogens with zero attached hydrogens (tertiary/aromatic N) is 1. The smallest absolute Gasteiger partial charge is 0.157 e. The third-order valence-corrected chi connectivity index (χ3v) is 4.19. The first-order valence-corrected chi connectivity index (χ1v) is 7.52. The Kier molecular flexibility index (Phi) is 4.70. The zero-order valence-corrected chi connectivity index (χ0v) is 12.3. The van der Waals surface area contributed by atoms with Crippen LogP contribution in [0.15, 0.2) is 29.3 Å². The van der Waals surface area contributed by atoms with Crippen molar-refractivity contribution in [2.24, 2.45) is 10.9 Å². The SMILES string of the molecule is Cc1ccc(CNC2=NCC(CC(C)C)S2)cc1. The Balaban J connectivity index is 1.76. The molecule has 1 aliphatic rings. The average Bonchev–Trinajstić information content (AvgIpc) is 2.75. The van der Waals surface area contributed by atoms with Crippen molar-refractivity contribution >= 4 is 16.9 Å². The minimum Gasteiger partial charge on any atom is -0.361 e. The number of hydrogen-bond acceptors (Lipinski definition) is 3. The highest BCUT2D eigenvalue weighted by atomic mass is 32.2. The molecule has 0 aromatic heterocycles. The molecule has 1 aromatic rings. The molecule has 0 amide bonds. The Morgan fingerprint density at radius 2 is 2.06 bits per heavy atom. The zero-order chi connectivity index (χ0) is 13.0. The Morgan fingerprint density at radius 1 is 1.33 bits per heavy atom. The van der Waals surface area contributed by atoms with Gasteiger partial charge in [-0.05, 0) is 24.8 Å². The number of nitrogens with one attached hydrogen (secondary N) is 1. The van der Waals surface area contributed by atoms with Gasteiger partial charge in [0.2, 0.25) is 0 Å². The van der Waals surface area contributed by atoms with Crippen LogP contribution < -0.4 is 5.32 Å². The Bertz CT molecular complexity index is 409. The van der Waals surface area contributed by atoms with E-state index in [1.165, 1.54) is 17.5 Å². The molecule has 2 rings (SSSR count). The molecule has 0 radical (unpaired) electrons. The van der Waals surface area contributed by atoms with E-state index in [-0.39, 0.29) is 0 Å². The van der Waals surface area contributed by atoms with Crippen LogP contribution in [-0.4, -0.2) is 17.0 Å². The normalized spacial score (nSPS) is 19.1. The molecule has 1 unspecified atom stereocenters. The number of rotatable bonds is 4. The van der Waals surface area contributed by atoms with E-state index in [9.17, 15) is 0 Å². The number of aliphatic imine (C=N–C) groups is 1. The maximum absolute atomic E-state index is 4.57. The summed E-state index contributed by atoms with van der Waals surface area (Å²) in [6.07, 6.45) is 1.25. The molecule has 1 N–H and O–H groups in total. The highest BCUT2D eigenvalue weighted by molar-refractivity contribution is 8.14. The van der Waals surface area contributed by atoms with Gasteiger partial charge in [0.05, 0.1) is 6.54 Å². The van der Waals surface area contributed by atoms with Gasteiger partial charge in [-0.3, -0.25) is 4.99 Å². The third kappa shape index (κ3) is 4.05. The molecule has 1 atom stereocenters. The van der Waals surface area contributed by atoms with E-state index < -0.39 is 0 Å². The Hall–Kier alpha value is -0.960. The second-order valence-electron chi connectivity index (χ2n) is 5.35. The summed E-state index contributed by atoms with van der Waals surface area (Å²) in [5, 5.41) is 5.22. The Morgan fingerprint density at radius 3 is 2.72 bits per heavy atom. The number of hydrogen-bond donors (Lipinski definition) is 1. The summed E-state index contributed by atoms with van der Waals surface area (Å²) in [7, 11) is 0. The quantitative estimate of drug-likeness (QED) is 0.896. The first-order chi connectivity index (χ1) is 8.63. The first-order valence-electron chi connectivity index (χ1n) is 6.64. The van der Waals surface area contributed by atoms with Gasteiger partial charge in [0, 0.05) is 11.8 Å². The maximum atomic E-state index is 4.57. The van der Waals surface area contributed by atoms with Crippen molar-refractivity contribution in [3.8, 4) is 0 Å².